The van der Waals surface area contributed by atoms with Gasteiger partial charge in [0.1, 0.15) is 5.82 Å². The summed E-state index contributed by atoms with van der Waals surface area (Å²) in [4.78, 5) is 0. The van der Waals surface area contributed by atoms with E-state index >= 15 is 0 Å². The predicted molar refractivity (Wildman–Crippen MR) is 65.7 cm³/mol. The smallest absolute Gasteiger partial charge is 0.224 e. The van der Waals surface area contributed by atoms with Crippen molar-refractivity contribution in [3.05, 3.63) is 5.82 Å². The van der Waals surface area contributed by atoms with Crippen LogP contribution < -0.4 is 5.32 Å². The van der Waals surface area contributed by atoms with Gasteiger partial charge in [0.2, 0.25) is 5.95 Å². The van der Waals surface area contributed by atoms with E-state index in [2.05, 4.69) is 33.9 Å². The molecule has 1 N–H and O–H groups in total. The van der Waals surface area contributed by atoms with Gasteiger partial charge < -0.3 is 5.32 Å². The van der Waals surface area contributed by atoms with E-state index in [9.17, 15) is 0 Å². The molecule has 1 heterocycles. The molecule has 0 aromatic carbocycles. The Bertz CT molecular complexity index is 326. The minimum absolute atomic E-state index is 0.633. The van der Waals surface area contributed by atoms with Crippen LogP contribution in [-0.2, 0) is 6.54 Å². The van der Waals surface area contributed by atoms with Crippen molar-refractivity contribution in [1.29, 1.82) is 0 Å². The fraction of sp³-hybridized carbons (Fsp3) is 0.833. The van der Waals surface area contributed by atoms with Gasteiger partial charge in [-0.1, -0.05) is 19.3 Å². The van der Waals surface area contributed by atoms with Crippen LogP contribution in [0.1, 0.15) is 57.7 Å². The monoisotopic (exact) mass is 222 g/mol. The highest BCUT2D eigenvalue weighted by atomic mass is 15.3. The molecule has 0 amide bonds. The first-order valence-corrected chi connectivity index (χ1v) is 6.53. The van der Waals surface area contributed by atoms with Gasteiger partial charge in [-0.2, -0.15) is 0 Å². The highest BCUT2D eigenvalue weighted by Gasteiger charge is 2.22. The molecule has 4 heteroatoms. The van der Waals surface area contributed by atoms with E-state index in [1.165, 1.54) is 37.9 Å². The zero-order valence-corrected chi connectivity index (χ0v) is 10.4. The Labute approximate surface area is 97.5 Å². The van der Waals surface area contributed by atoms with E-state index in [0.29, 0.717) is 5.92 Å². The largest absolute Gasteiger partial charge is 0.355 e. The molecule has 1 aromatic rings. The second kappa shape index (κ2) is 5.32. The number of nitrogens with one attached hydrogen (secondary N) is 1. The molecule has 1 fully saturated rings. The molecule has 0 aliphatic heterocycles. The molecular formula is C12H22N4. The van der Waals surface area contributed by atoms with Gasteiger partial charge in [-0.3, -0.25) is 4.57 Å². The average molecular weight is 222 g/mol. The number of aromatic nitrogens is 3. The lowest BCUT2D eigenvalue weighted by Gasteiger charge is -2.21. The van der Waals surface area contributed by atoms with Crippen LogP contribution in [0.3, 0.4) is 0 Å². The normalized spacial score (nSPS) is 17.6. The first-order chi connectivity index (χ1) is 7.86. The zero-order valence-electron chi connectivity index (χ0n) is 10.4. The van der Waals surface area contributed by atoms with Gasteiger partial charge in [-0.15, -0.1) is 10.2 Å². The van der Waals surface area contributed by atoms with Crippen LogP contribution in [-0.4, -0.2) is 21.3 Å². The number of anilines is 1. The first kappa shape index (κ1) is 11.4. The molecule has 90 valence electrons. The van der Waals surface area contributed by atoms with Crippen molar-refractivity contribution in [2.75, 3.05) is 11.9 Å². The van der Waals surface area contributed by atoms with E-state index in [1.807, 2.05) is 0 Å². The Morgan fingerprint density at radius 2 is 1.94 bits per heavy atom. The van der Waals surface area contributed by atoms with Crippen LogP contribution in [0, 0.1) is 0 Å². The minimum atomic E-state index is 0.633. The number of hydrogen-bond acceptors (Lipinski definition) is 3. The molecular weight excluding hydrogens is 200 g/mol. The summed E-state index contributed by atoms with van der Waals surface area (Å²) in [5.41, 5.74) is 0. The van der Waals surface area contributed by atoms with Crippen LogP contribution in [0.4, 0.5) is 5.95 Å². The minimum Gasteiger partial charge on any atom is -0.355 e. The highest BCUT2D eigenvalue weighted by Crippen LogP contribution is 2.32. The van der Waals surface area contributed by atoms with Crippen LogP contribution in [0.15, 0.2) is 0 Å². The quantitative estimate of drug-likeness (QED) is 0.851. The van der Waals surface area contributed by atoms with Gasteiger partial charge in [0.05, 0.1) is 0 Å². The summed E-state index contributed by atoms with van der Waals surface area (Å²) in [5, 5.41) is 11.9. The lowest BCUT2D eigenvalue weighted by molar-refractivity contribution is 0.416. The van der Waals surface area contributed by atoms with Gasteiger partial charge in [-0.25, -0.2) is 0 Å². The summed E-state index contributed by atoms with van der Waals surface area (Å²) in [5.74, 6) is 2.76. The van der Waals surface area contributed by atoms with E-state index < -0.39 is 0 Å². The van der Waals surface area contributed by atoms with E-state index in [4.69, 9.17) is 0 Å². The molecule has 0 radical (unpaired) electrons. The molecule has 0 unspecified atom stereocenters. The van der Waals surface area contributed by atoms with Gasteiger partial charge in [-0.05, 0) is 26.7 Å². The topological polar surface area (TPSA) is 42.7 Å². The van der Waals surface area contributed by atoms with Crippen molar-refractivity contribution in [3.8, 4) is 0 Å². The summed E-state index contributed by atoms with van der Waals surface area (Å²) in [7, 11) is 0. The third-order valence-corrected chi connectivity index (χ3v) is 3.40. The van der Waals surface area contributed by atoms with Crippen LogP contribution in [0.2, 0.25) is 0 Å². The highest BCUT2D eigenvalue weighted by molar-refractivity contribution is 5.26. The summed E-state index contributed by atoms with van der Waals surface area (Å²) >= 11 is 0. The fourth-order valence-electron chi connectivity index (χ4n) is 2.58. The predicted octanol–water partition coefficient (Wildman–Crippen LogP) is 2.78. The van der Waals surface area contributed by atoms with Crippen LogP contribution in [0.5, 0.6) is 0 Å². The molecule has 1 saturated carbocycles. The maximum atomic E-state index is 4.38. The van der Waals surface area contributed by atoms with Crippen LogP contribution in [0.25, 0.3) is 0 Å². The molecule has 1 aromatic heterocycles. The molecule has 0 atom stereocenters. The van der Waals surface area contributed by atoms with E-state index in [1.54, 1.807) is 0 Å². The molecule has 4 nitrogen and oxygen atoms in total. The average Bonchev–Trinajstić information content (AvgIpc) is 2.73. The van der Waals surface area contributed by atoms with Crippen molar-refractivity contribution < 1.29 is 0 Å². The van der Waals surface area contributed by atoms with Crippen molar-refractivity contribution in [1.82, 2.24) is 14.8 Å². The number of rotatable bonds is 4. The maximum Gasteiger partial charge on any atom is 0.224 e. The van der Waals surface area contributed by atoms with Gasteiger partial charge in [0, 0.05) is 19.0 Å². The Hall–Kier alpha value is -1.06. The lowest BCUT2D eigenvalue weighted by Crippen LogP contribution is -2.13. The first-order valence-electron chi connectivity index (χ1n) is 6.53. The molecule has 0 bridgehead atoms. The maximum absolute atomic E-state index is 4.38. The van der Waals surface area contributed by atoms with E-state index in [0.717, 1.165) is 19.0 Å². The number of hydrogen-bond donors (Lipinski definition) is 1. The molecule has 1 aliphatic rings. The van der Waals surface area contributed by atoms with E-state index in [-0.39, 0.29) is 0 Å². The number of nitrogens with zero attached hydrogens (tertiary/aromatic N) is 3. The fourth-order valence-corrected chi connectivity index (χ4v) is 2.58. The summed E-state index contributed by atoms with van der Waals surface area (Å²) in [6, 6.07) is 0. The Balaban J connectivity index is 2.18. The Morgan fingerprint density at radius 1 is 1.19 bits per heavy atom. The molecule has 1 aliphatic carbocycles. The second-order valence-corrected chi connectivity index (χ2v) is 4.49. The lowest BCUT2D eigenvalue weighted by atomic mass is 9.88. The third kappa shape index (κ3) is 2.20. The van der Waals surface area contributed by atoms with Crippen molar-refractivity contribution >= 4 is 5.95 Å². The van der Waals surface area contributed by atoms with Crippen molar-refractivity contribution in [2.45, 2.75) is 58.4 Å². The summed E-state index contributed by atoms with van der Waals surface area (Å²) in [6.07, 6.45) is 6.64. The third-order valence-electron chi connectivity index (χ3n) is 3.40. The molecule has 2 rings (SSSR count). The van der Waals surface area contributed by atoms with Gasteiger partial charge in [0.15, 0.2) is 0 Å². The SMILES string of the molecule is CCNc1nnc(C2CCCCC2)n1CC. The molecule has 0 saturated heterocycles. The standard InChI is InChI=1S/C12H22N4/c1-3-13-12-15-14-11(16(12)4-2)10-8-6-5-7-9-10/h10H,3-9H2,1-2H3,(H,13,15). The summed E-state index contributed by atoms with van der Waals surface area (Å²) in [6.45, 7) is 6.12. The second-order valence-electron chi connectivity index (χ2n) is 4.49. The van der Waals surface area contributed by atoms with Crippen LogP contribution >= 0.6 is 0 Å². The van der Waals surface area contributed by atoms with Crippen molar-refractivity contribution in [3.63, 3.8) is 0 Å². The Kier molecular flexibility index (Phi) is 3.80. The van der Waals surface area contributed by atoms with Crippen molar-refractivity contribution in [2.24, 2.45) is 0 Å². The van der Waals surface area contributed by atoms with Gasteiger partial charge >= 0.3 is 0 Å². The molecule has 16 heavy (non-hydrogen) atoms. The Morgan fingerprint density at radius 3 is 2.56 bits per heavy atom. The summed E-state index contributed by atoms with van der Waals surface area (Å²) < 4.78 is 2.24. The zero-order chi connectivity index (χ0) is 11.4. The molecule has 0 spiro atoms. The van der Waals surface area contributed by atoms with Gasteiger partial charge in [0.25, 0.3) is 0 Å².